The fourth-order valence-electron chi connectivity index (χ4n) is 10.3. The molecule has 90 heavy (non-hydrogen) atoms. The van der Waals surface area contributed by atoms with Gasteiger partial charge in [-0.25, -0.2) is 44.6 Å². The number of anilines is 3. The topological polar surface area (TPSA) is 262 Å². The van der Waals surface area contributed by atoms with Gasteiger partial charge in [-0.15, -0.1) is 0 Å². The second kappa shape index (κ2) is 24.5. The van der Waals surface area contributed by atoms with E-state index >= 15 is 0 Å². The third-order valence-electron chi connectivity index (χ3n) is 14.5. The predicted octanol–water partition coefficient (Wildman–Crippen LogP) is 12.4. The number of ether oxygens (including phenoxy) is 2. The van der Waals surface area contributed by atoms with Crippen LogP contribution < -0.4 is 23.6 Å². The standard InChI is InChI=1S/C23H22N4O3S.C22H23N5O2S.C21H20N4O3S/c1-15-12-22(27(25-15)20-8-4-7-19-18(20)6-5-11-24-19)26-31(28,29)17-9-10-21-16(13-17)14-23(2,3)30-21;1-15-13-20(26-30(28,29)17-11-9-16(10-12-17)22(2,3)4)27(25-15)21-18-7-5-6-8-19(18)23-14-24-21;1-3-28-16-9-11-17(12-10-16)29(26,27)24-21-14-15(2)23-25(21)20-8-4-7-19-18(20)6-5-13-22-19/h4-13,26H,14H2,1-3H3;5-14,26H,1-4H3;4-14,24H,3H2,1-2H3. The zero-order valence-electron chi connectivity index (χ0n) is 50.8. The molecule has 21 nitrogen and oxygen atoms in total. The molecule has 1 aliphatic rings. The van der Waals surface area contributed by atoms with Crippen LogP contribution in [-0.2, 0) is 41.9 Å². The number of nitrogens with zero attached hydrogens (tertiary/aromatic N) is 10. The molecule has 0 saturated carbocycles. The number of sulfonamides is 3. The summed E-state index contributed by atoms with van der Waals surface area (Å²) in [4.78, 5) is 17.9. The second-order valence-corrected chi connectivity index (χ2v) is 28.0. The molecule has 0 amide bonds. The van der Waals surface area contributed by atoms with Crippen molar-refractivity contribution in [2.75, 3.05) is 20.8 Å². The smallest absolute Gasteiger partial charge is 0.263 e. The molecule has 1 aliphatic heterocycles. The summed E-state index contributed by atoms with van der Waals surface area (Å²) in [6.07, 6.45) is 5.54. The summed E-state index contributed by atoms with van der Waals surface area (Å²) in [5.74, 6) is 2.90. The largest absolute Gasteiger partial charge is 0.494 e. The third-order valence-corrected chi connectivity index (χ3v) is 18.5. The number of hydrogen-bond donors (Lipinski definition) is 3. The van der Waals surface area contributed by atoms with Crippen LogP contribution in [0.1, 0.15) is 69.8 Å². The fourth-order valence-corrected chi connectivity index (χ4v) is 13.5. The van der Waals surface area contributed by atoms with Gasteiger partial charge in [0.1, 0.15) is 40.9 Å². The van der Waals surface area contributed by atoms with Crippen molar-refractivity contribution < 1.29 is 34.7 Å². The average molecular weight is 1260 g/mol. The zero-order valence-corrected chi connectivity index (χ0v) is 53.2. The Morgan fingerprint density at radius 3 is 1.50 bits per heavy atom. The van der Waals surface area contributed by atoms with Gasteiger partial charge in [0.2, 0.25) is 0 Å². The fraction of sp³-hybridized carbons (Fsp3) is 0.197. The maximum Gasteiger partial charge on any atom is 0.263 e. The van der Waals surface area contributed by atoms with Gasteiger partial charge in [-0.3, -0.25) is 24.1 Å². The van der Waals surface area contributed by atoms with Crippen molar-refractivity contribution in [1.29, 1.82) is 0 Å². The predicted molar refractivity (Wildman–Crippen MR) is 349 cm³/mol. The lowest BCUT2D eigenvalue weighted by Crippen LogP contribution is -2.24. The molecule has 0 radical (unpaired) electrons. The number of aromatic nitrogens is 10. The van der Waals surface area contributed by atoms with E-state index in [4.69, 9.17) is 9.47 Å². The van der Waals surface area contributed by atoms with Crippen LogP contribution in [0.3, 0.4) is 0 Å². The summed E-state index contributed by atoms with van der Waals surface area (Å²) in [6.45, 7) is 18.1. The first-order chi connectivity index (χ1) is 42.8. The molecule has 460 valence electrons. The van der Waals surface area contributed by atoms with Gasteiger partial charge >= 0.3 is 0 Å². The van der Waals surface area contributed by atoms with Crippen LogP contribution in [0.5, 0.6) is 11.5 Å². The molecule has 0 atom stereocenters. The first kappa shape index (κ1) is 61.6. The molecule has 0 spiro atoms. The Bertz CT molecular complexity index is 4990. The maximum absolute atomic E-state index is 13.2. The third kappa shape index (κ3) is 13.4. The highest BCUT2D eigenvalue weighted by Gasteiger charge is 2.32. The molecule has 3 N–H and O–H groups in total. The first-order valence-corrected chi connectivity index (χ1v) is 33.1. The van der Waals surface area contributed by atoms with E-state index < -0.39 is 30.1 Å². The van der Waals surface area contributed by atoms with E-state index in [1.165, 1.54) is 23.1 Å². The van der Waals surface area contributed by atoms with Gasteiger partial charge in [0.05, 0.1) is 66.3 Å². The van der Waals surface area contributed by atoms with Crippen LogP contribution in [0.15, 0.2) is 203 Å². The summed E-state index contributed by atoms with van der Waals surface area (Å²) < 4.78 is 102. The molecule has 13 rings (SSSR count). The van der Waals surface area contributed by atoms with E-state index in [1.807, 2.05) is 132 Å². The van der Waals surface area contributed by atoms with Crippen molar-refractivity contribution >= 4 is 80.2 Å². The maximum atomic E-state index is 13.2. The second-order valence-electron chi connectivity index (χ2n) is 23.0. The zero-order chi connectivity index (χ0) is 63.8. The van der Waals surface area contributed by atoms with E-state index in [-0.39, 0.29) is 25.7 Å². The number of rotatable bonds is 14. The highest BCUT2D eigenvalue weighted by molar-refractivity contribution is 7.93. The highest BCUT2D eigenvalue weighted by atomic mass is 32.2. The molecular formula is C66H65N13O8S3. The van der Waals surface area contributed by atoms with E-state index in [9.17, 15) is 25.3 Å². The van der Waals surface area contributed by atoms with Gasteiger partial charge in [-0.05, 0) is 173 Å². The van der Waals surface area contributed by atoms with E-state index in [1.54, 1.807) is 89.3 Å². The number of aryl methyl sites for hydroxylation is 3. The normalized spacial score (nSPS) is 12.9. The lowest BCUT2D eigenvalue weighted by Gasteiger charge is -2.19. The van der Waals surface area contributed by atoms with Crippen LogP contribution >= 0.6 is 0 Å². The molecule has 24 heteroatoms. The van der Waals surface area contributed by atoms with Crippen molar-refractivity contribution in [1.82, 2.24) is 49.3 Å². The van der Waals surface area contributed by atoms with E-state index in [0.717, 1.165) is 61.0 Å². The minimum absolute atomic E-state index is 0.0560. The molecule has 7 heterocycles. The minimum atomic E-state index is -3.82. The number of para-hydroxylation sites is 1. The summed E-state index contributed by atoms with van der Waals surface area (Å²) in [6, 6.07) is 49.7. The quantitative estimate of drug-likeness (QED) is 0.0914. The number of pyridine rings is 2. The van der Waals surface area contributed by atoms with Gasteiger partial charge in [-0.1, -0.05) is 57.2 Å². The van der Waals surface area contributed by atoms with Crippen LogP contribution in [0, 0.1) is 20.8 Å². The molecule has 0 bridgehead atoms. The van der Waals surface area contributed by atoms with Gasteiger partial charge in [0, 0.05) is 53.2 Å². The summed E-state index contributed by atoms with van der Waals surface area (Å²) in [5.41, 5.74) is 7.47. The Kier molecular flexibility index (Phi) is 16.8. The van der Waals surface area contributed by atoms with Crippen LogP contribution in [-0.4, -0.2) is 86.7 Å². The van der Waals surface area contributed by atoms with Crippen LogP contribution in [0.4, 0.5) is 17.5 Å². The Morgan fingerprint density at radius 2 is 0.967 bits per heavy atom. The number of nitrogens with one attached hydrogen (secondary N) is 3. The average Bonchev–Trinajstić information content (AvgIpc) is 1.89. The van der Waals surface area contributed by atoms with Gasteiger partial charge in [0.15, 0.2) is 5.82 Å². The van der Waals surface area contributed by atoms with E-state index in [2.05, 4.69) is 70.2 Å². The van der Waals surface area contributed by atoms with Crippen LogP contribution in [0.25, 0.3) is 49.9 Å². The lowest BCUT2D eigenvalue weighted by molar-refractivity contribution is 0.138. The molecule has 6 aromatic carbocycles. The first-order valence-electron chi connectivity index (χ1n) is 28.7. The monoisotopic (exact) mass is 1260 g/mol. The summed E-state index contributed by atoms with van der Waals surface area (Å²) in [5, 5.41) is 16.0. The molecule has 6 aromatic heterocycles. The van der Waals surface area contributed by atoms with Crippen molar-refractivity contribution in [2.45, 2.75) is 94.4 Å². The van der Waals surface area contributed by atoms with Gasteiger partial charge < -0.3 is 9.47 Å². The SMILES string of the molecule is CCOc1ccc(S(=O)(=O)Nc2cc(C)nn2-c2cccc3ncccc23)cc1.Cc1cc(NS(=O)(=O)c2ccc(C(C)(C)C)cc2)n(-c2ncnc3ccccc23)n1.Cc1cc(NS(=O)(=O)c2ccc3c(c2)CC(C)(C)O3)n(-c2cccc3ncccc23)n1. The number of benzene rings is 6. The van der Waals surface area contributed by atoms with Crippen molar-refractivity contribution in [3.8, 4) is 28.7 Å². The van der Waals surface area contributed by atoms with Crippen molar-refractivity contribution in [3.05, 3.63) is 217 Å². The molecule has 0 fully saturated rings. The Hall–Kier alpha value is -10.0. The number of fused-ring (bicyclic) bond motifs is 4. The molecule has 0 saturated heterocycles. The molecule has 0 aliphatic carbocycles. The highest BCUT2D eigenvalue weighted by Crippen LogP contribution is 2.37. The summed E-state index contributed by atoms with van der Waals surface area (Å²) >= 11 is 0. The lowest BCUT2D eigenvalue weighted by atomic mass is 9.87. The van der Waals surface area contributed by atoms with Gasteiger partial charge in [-0.2, -0.15) is 20.0 Å². The Morgan fingerprint density at radius 1 is 0.511 bits per heavy atom. The molecular weight excluding hydrogens is 1200 g/mol. The number of hydrogen-bond acceptors (Lipinski definition) is 15. The van der Waals surface area contributed by atoms with Gasteiger partial charge in [0.25, 0.3) is 30.1 Å². The summed E-state index contributed by atoms with van der Waals surface area (Å²) in [7, 11) is -11.4. The minimum Gasteiger partial charge on any atom is -0.494 e. The molecule has 0 unspecified atom stereocenters. The van der Waals surface area contributed by atoms with Crippen molar-refractivity contribution in [2.24, 2.45) is 0 Å². The Labute approximate surface area is 522 Å². The molecule has 12 aromatic rings. The van der Waals surface area contributed by atoms with E-state index in [0.29, 0.717) is 59.1 Å². The van der Waals surface area contributed by atoms with Crippen molar-refractivity contribution in [3.63, 3.8) is 0 Å². The Balaban J connectivity index is 0.000000139. The van der Waals surface area contributed by atoms with Crippen LogP contribution in [0.2, 0.25) is 0 Å².